The molecular formula is C35H44O6. The number of aryl methyl sites for hydroxylation is 2. The van der Waals surface area contributed by atoms with E-state index in [1.54, 1.807) is 6.92 Å². The van der Waals surface area contributed by atoms with E-state index in [-0.39, 0.29) is 30.7 Å². The van der Waals surface area contributed by atoms with Gasteiger partial charge in [-0.05, 0) is 66.3 Å². The predicted octanol–water partition coefficient (Wildman–Crippen LogP) is 6.18. The standard InChI is InChI=1S/C35H44O6/c1-9-33(38)41-22-30(37)21-40-32-17-15-29(19-24(32)3)35(7,8)27-12-10-26(11-13-27)34(5,6)28-14-16-31(23(2)18-28)39-20-25(4)36/h9-19,25,30,36-37H,1,20-22H2,2-8H3. The molecule has 6 nitrogen and oxygen atoms in total. The first-order valence-electron chi connectivity index (χ1n) is 14.0. The molecule has 0 saturated heterocycles. The molecule has 3 aromatic rings. The first-order valence-corrected chi connectivity index (χ1v) is 14.0. The maximum atomic E-state index is 11.2. The largest absolute Gasteiger partial charge is 0.491 e. The van der Waals surface area contributed by atoms with Crippen molar-refractivity contribution in [2.75, 3.05) is 19.8 Å². The summed E-state index contributed by atoms with van der Waals surface area (Å²) in [6, 6.07) is 21.1. The first-order chi connectivity index (χ1) is 19.2. The minimum absolute atomic E-state index is 0.0163. The lowest BCUT2D eigenvalue weighted by Crippen LogP contribution is -2.25. The Morgan fingerprint density at radius 3 is 1.56 bits per heavy atom. The molecule has 6 heteroatoms. The molecule has 0 bridgehead atoms. The zero-order valence-corrected chi connectivity index (χ0v) is 25.4. The third kappa shape index (κ3) is 7.99. The summed E-state index contributed by atoms with van der Waals surface area (Å²) in [5, 5.41) is 19.6. The number of aliphatic hydroxyl groups is 2. The van der Waals surface area contributed by atoms with E-state index >= 15 is 0 Å². The molecule has 0 aliphatic rings. The molecule has 2 unspecified atom stereocenters. The molecule has 0 aliphatic heterocycles. The highest BCUT2D eigenvalue weighted by atomic mass is 16.5. The van der Waals surface area contributed by atoms with Crippen molar-refractivity contribution < 1.29 is 29.2 Å². The molecular weight excluding hydrogens is 516 g/mol. The van der Waals surface area contributed by atoms with Crippen LogP contribution in [-0.2, 0) is 20.4 Å². The van der Waals surface area contributed by atoms with Crippen LogP contribution >= 0.6 is 0 Å². The molecule has 0 aliphatic carbocycles. The fourth-order valence-electron chi connectivity index (χ4n) is 4.72. The Balaban J connectivity index is 1.72. The van der Waals surface area contributed by atoms with Crippen LogP contribution in [0.1, 0.15) is 68.0 Å². The lowest BCUT2D eigenvalue weighted by atomic mass is 9.74. The predicted molar refractivity (Wildman–Crippen MR) is 163 cm³/mol. The SMILES string of the molecule is C=CC(=O)OCC(O)COc1ccc(C(C)(C)c2ccc(C(C)(C)c3ccc(OCC(C)O)c(C)c3)cc2)cc1C. The van der Waals surface area contributed by atoms with Crippen LogP contribution in [0.4, 0.5) is 0 Å². The zero-order valence-electron chi connectivity index (χ0n) is 25.4. The van der Waals surface area contributed by atoms with Gasteiger partial charge in [-0.1, -0.05) is 82.8 Å². The molecule has 3 aromatic carbocycles. The van der Waals surface area contributed by atoms with Crippen molar-refractivity contribution in [2.24, 2.45) is 0 Å². The summed E-state index contributed by atoms with van der Waals surface area (Å²) >= 11 is 0. The second kappa shape index (κ2) is 13.4. The Morgan fingerprint density at radius 2 is 1.17 bits per heavy atom. The Labute approximate surface area is 244 Å². The molecule has 0 fully saturated rings. The van der Waals surface area contributed by atoms with Gasteiger partial charge in [0.15, 0.2) is 0 Å². The van der Waals surface area contributed by atoms with Crippen LogP contribution in [0.5, 0.6) is 11.5 Å². The number of ether oxygens (including phenoxy) is 3. The van der Waals surface area contributed by atoms with Gasteiger partial charge in [-0.15, -0.1) is 0 Å². The fraction of sp³-hybridized carbons (Fsp3) is 0.400. The van der Waals surface area contributed by atoms with Crippen molar-refractivity contribution >= 4 is 5.97 Å². The molecule has 0 saturated carbocycles. The highest BCUT2D eigenvalue weighted by Gasteiger charge is 2.27. The van der Waals surface area contributed by atoms with E-state index < -0.39 is 18.2 Å². The fourth-order valence-corrected chi connectivity index (χ4v) is 4.72. The number of carbonyl (C=O) groups is 1. The van der Waals surface area contributed by atoms with E-state index in [0.29, 0.717) is 5.75 Å². The Hall–Kier alpha value is -3.61. The lowest BCUT2D eigenvalue weighted by Gasteiger charge is -2.30. The number of hydrogen-bond acceptors (Lipinski definition) is 6. The average Bonchev–Trinajstić information content (AvgIpc) is 2.94. The van der Waals surface area contributed by atoms with Gasteiger partial charge in [-0.2, -0.15) is 0 Å². The number of esters is 1. The van der Waals surface area contributed by atoms with Gasteiger partial charge >= 0.3 is 5.97 Å². The third-order valence-electron chi connectivity index (χ3n) is 7.62. The van der Waals surface area contributed by atoms with Gasteiger partial charge in [0.05, 0.1) is 6.10 Å². The van der Waals surface area contributed by atoms with Crippen LogP contribution < -0.4 is 9.47 Å². The van der Waals surface area contributed by atoms with Crippen LogP contribution in [0, 0.1) is 13.8 Å². The highest BCUT2D eigenvalue weighted by Crippen LogP contribution is 2.38. The van der Waals surface area contributed by atoms with Gasteiger partial charge in [0.1, 0.15) is 37.4 Å². The van der Waals surface area contributed by atoms with Crippen LogP contribution in [0.15, 0.2) is 73.3 Å². The van der Waals surface area contributed by atoms with Crippen molar-refractivity contribution in [1.82, 2.24) is 0 Å². The summed E-state index contributed by atoms with van der Waals surface area (Å²) in [5.74, 6) is 0.889. The van der Waals surface area contributed by atoms with Crippen molar-refractivity contribution in [3.05, 3.63) is 107 Å². The summed E-state index contributed by atoms with van der Waals surface area (Å²) in [4.78, 5) is 11.2. The maximum absolute atomic E-state index is 11.2. The van der Waals surface area contributed by atoms with Crippen molar-refractivity contribution in [3.63, 3.8) is 0 Å². The van der Waals surface area contributed by atoms with Crippen LogP contribution in [-0.4, -0.2) is 48.2 Å². The minimum Gasteiger partial charge on any atom is -0.491 e. The molecule has 0 radical (unpaired) electrons. The molecule has 220 valence electrons. The van der Waals surface area contributed by atoms with E-state index in [2.05, 4.69) is 76.7 Å². The summed E-state index contributed by atoms with van der Waals surface area (Å²) in [6.07, 6.45) is -0.378. The summed E-state index contributed by atoms with van der Waals surface area (Å²) in [7, 11) is 0. The summed E-state index contributed by atoms with van der Waals surface area (Å²) in [6.45, 7) is 18.1. The quantitative estimate of drug-likeness (QED) is 0.192. The molecule has 2 atom stereocenters. The van der Waals surface area contributed by atoms with E-state index in [0.717, 1.165) is 28.5 Å². The lowest BCUT2D eigenvalue weighted by molar-refractivity contribution is -0.141. The minimum atomic E-state index is -0.928. The Bertz CT molecular complexity index is 1340. The number of rotatable bonds is 13. The van der Waals surface area contributed by atoms with Gasteiger partial charge in [-0.25, -0.2) is 4.79 Å². The number of benzene rings is 3. The molecule has 0 aromatic heterocycles. The normalized spacial score (nSPS) is 13.3. The van der Waals surface area contributed by atoms with Crippen LogP contribution in [0.25, 0.3) is 0 Å². The number of carbonyl (C=O) groups excluding carboxylic acids is 1. The van der Waals surface area contributed by atoms with E-state index in [4.69, 9.17) is 14.2 Å². The van der Waals surface area contributed by atoms with Crippen molar-refractivity contribution in [3.8, 4) is 11.5 Å². The second-order valence-electron chi connectivity index (χ2n) is 11.7. The van der Waals surface area contributed by atoms with E-state index in [1.807, 2.05) is 32.0 Å². The first kappa shape index (κ1) is 31.9. The van der Waals surface area contributed by atoms with Gasteiger partial charge < -0.3 is 24.4 Å². The molecule has 0 spiro atoms. The van der Waals surface area contributed by atoms with Gasteiger partial charge in [0.2, 0.25) is 0 Å². The van der Waals surface area contributed by atoms with Crippen molar-refractivity contribution in [2.45, 2.75) is 71.5 Å². The molecule has 3 rings (SSSR count). The van der Waals surface area contributed by atoms with Crippen LogP contribution in [0.2, 0.25) is 0 Å². The number of aliphatic hydroxyl groups excluding tert-OH is 2. The van der Waals surface area contributed by atoms with Gasteiger partial charge in [0, 0.05) is 16.9 Å². The van der Waals surface area contributed by atoms with Gasteiger partial charge in [-0.3, -0.25) is 0 Å². The third-order valence-corrected chi connectivity index (χ3v) is 7.62. The van der Waals surface area contributed by atoms with E-state index in [1.165, 1.54) is 16.7 Å². The second-order valence-corrected chi connectivity index (χ2v) is 11.7. The monoisotopic (exact) mass is 560 g/mol. The molecule has 0 heterocycles. The Morgan fingerprint density at radius 1 is 0.756 bits per heavy atom. The molecule has 2 N–H and O–H groups in total. The smallest absolute Gasteiger partial charge is 0.330 e. The van der Waals surface area contributed by atoms with Gasteiger partial charge in [0.25, 0.3) is 0 Å². The Kier molecular flexibility index (Phi) is 10.4. The van der Waals surface area contributed by atoms with E-state index in [9.17, 15) is 15.0 Å². The summed E-state index contributed by atoms with van der Waals surface area (Å²) in [5.41, 5.74) is 6.31. The zero-order chi connectivity index (χ0) is 30.4. The highest BCUT2D eigenvalue weighted by molar-refractivity contribution is 5.81. The topological polar surface area (TPSA) is 85.2 Å². The molecule has 0 amide bonds. The average molecular weight is 561 g/mol. The summed E-state index contributed by atoms with van der Waals surface area (Å²) < 4.78 is 16.4. The van der Waals surface area contributed by atoms with Crippen molar-refractivity contribution in [1.29, 1.82) is 0 Å². The molecule has 41 heavy (non-hydrogen) atoms. The van der Waals surface area contributed by atoms with Crippen LogP contribution in [0.3, 0.4) is 0 Å². The maximum Gasteiger partial charge on any atom is 0.330 e. The number of hydrogen-bond donors (Lipinski definition) is 2.